The Kier molecular flexibility index (Phi) is 5.47. The Bertz CT molecular complexity index is 627. The third-order valence-corrected chi connectivity index (χ3v) is 4.95. The molecule has 0 saturated carbocycles. The minimum absolute atomic E-state index is 0.0388. The Morgan fingerprint density at radius 1 is 1.33 bits per heavy atom. The van der Waals surface area contributed by atoms with E-state index in [1.54, 1.807) is 13.8 Å². The Balaban J connectivity index is 2.91. The van der Waals surface area contributed by atoms with Crippen molar-refractivity contribution in [2.45, 2.75) is 44.0 Å². The fraction of sp³-hybridized carbons (Fsp3) is 0.500. The number of aryl methyl sites for hydroxylation is 1. The van der Waals surface area contributed by atoms with Gasteiger partial charge in [0.25, 0.3) is 0 Å². The van der Waals surface area contributed by atoms with Crippen molar-refractivity contribution in [3.8, 4) is 0 Å². The van der Waals surface area contributed by atoms with E-state index in [0.29, 0.717) is 12.0 Å². The normalized spacial score (nSPS) is 12.2. The second-order valence-electron chi connectivity index (χ2n) is 5.57. The molecule has 1 aromatic carbocycles. The van der Waals surface area contributed by atoms with Crippen LogP contribution in [-0.2, 0) is 14.8 Å². The van der Waals surface area contributed by atoms with Gasteiger partial charge in [0.1, 0.15) is 5.82 Å². The van der Waals surface area contributed by atoms with Crippen LogP contribution in [-0.4, -0.2) is 26.9 Å². The average Bonchev–Trinajstić information content (AvgIpc) is 2.34. The van der Waals surface area contributed by atoms with Gasteiger partial charge in [0.05, 0.1) is 4.90 Å². The van der Waals surface area contributed by atoms with Crippen molar-refractivity contribution < 1.29 is 17.6 Å². The van der Waals surface area contributed by atoms with Gasteiger partial charge in [0.2, 0.25) is 15.9 Å². The van der Waals surface area contributed by atoms with E-state index in [1.165, 1.54) is 26.1 Å². The summed E-state index contributed by atoms with van der Waals surface area (Å²) in [5.74, 6) is -0.634. The van der Waals surface area contributed by atoms with E-state index in [4.69, 9.17) is 0 Å². The van der Waals surface area contributed by atoms with Crippen LogP contribution in [0.5, 0.6) is 0 Å². The average molecular weight is 316 g/mol. The van der Waals surface area contributed by atoms with Crippen LogP contribution in [0.3, 0.4) is 0 Å². The van der Waals surface area contributed by atoms with Crippen LogP contribution >= 0.6 is 0 Å². The van der Waals surface area contributed by atoms with Crippen LogP contribution in [0.15, 0.2) is 23.1 Å². The third-order valence-electron chi connectivity index (χ3n) is 3.09. The summed E-state index contributed by atoms with van der Waals surface area (Å²) in [6.45, 7) is 4.94. The van der Waals surface area contributed by atoms with E-state index in [0.717, 1.165) is 6.07 Å². The summed E-state index contributed by atoms with van der Waals surface area (Å²) < 4.78 is 40.3. The summed E-state index contributed by atoms with van der Waals surface area (Å²) in [6, 6.07) is 3.52. The first-order chi connectivity index (χ1) is 9.57. The van der Waals surface area contributed by atoms with Crippen LogP contribution in [0, 0.1) is 12.7 Å². The molecule has 0 radical (unpaired) electrons. The largest absolute Gasteiger partial charge is 0.359 e. The summed E-state index contributed by atoms with van der Waals surface area (Å²) in [5.41, 5.74) is -0.448. The van der Waals surface area contributed by atoms with Gasteiger partial charge < -0.3 is 5.32 Å². The molecule has 0 atom stereocenters. The summed E-state index contributed by atoms with van der Waals surface area (Å²) in [4.78, 5) is 11.3. The molecule has 5 nitrogen and oxygen atoms in total. The van der Waals surface area contributed by atoms with Crippen molar-refractivity contribution in [1.29, 1.82) is 0 Å². The molecule has 0 unspecified atom stereocenters. The van der Waals surface area contributed by atoms with Crippen LogP contribution in [0.2, 0.25) is 0 Å². The second kappa shape index (κ2) is 6.53. The topological polar surface area (TPSA) is 75.3 Å². The highest BCUT2D eigenvalue weighted by molar-refractivity contribution is 7.89. The molecular formula is C14H21FN2O3S. The smallest absolute Gasteiger partial charge is 0.241 e. The van der Waals surface area contributed by atoms with Gasteiger partial charge in [-0.15, -0.1) is 0 Å². The molecule has 0 aliphatic rings. The van der Waals surface area contributed by atoms with Gasteiger partial charge >= 0.3 is 0 Å². The van der Waals surface area contributed by atoms with Crippen molar-refractivity contribution in [2.24, 2.45) is 0 Å². The molecule has 21 heavy (non-hydrogen) atoms. The summed E-state index contributed by atoms with van der Waals surface area (Å²) in [6.07, 6.45) is 0.570. The van der Waals surface area contributed by atoms with Gasteiger partial charge in [-0.2, -0.15) is 0 Å². The number of benzene rings is 1. The third kappa shape index (κ3) is 5.09. The van der Waals surface area contributed by atoms with Crippen LogP contribution in [0.1, 0.15) is 32.3 Å². The van der Waals surface area contributed by atoms with Crippen molar-refractivity contribution in [2.75, 3.05) is 7.05 Å². The van der Waals surface area contributed by atoms with Crippen LogP contribution in [0.4, 0.5) is 4.39 Å². The molecule has 0 aromatic heterocycles. The molecule has 0 aliphatic heterocycles. The number of hydrogen-bond acceptors (Lipinski definition) is 3. The zero-order valence-electron chi connectivity index (χ0n) is 12.7. The molecular weight excluding hydrogens is 295 g/mol. The lowest BCUT2D eigenvalue weighted by Gasteiger charge is -2.26. The van der Waals surface area contributed by atoms with Crippen molar-refractivity contribution >= 4 is 15.9 Å². The molecule has 0 bridgehead atoms. The molecule has 118 valence electrons. The Morgan fingerprint density at radius 2 is 1.95 bits per heavy atom. The quantitative estimate of drug-likeness (QED) is 0.839. The minimum Gasteiger partial charge on any atom is -0.359 e. The molecule has 0 spiro atoms. The number of nitrogens with one attached hydrogen (secondary N) is 2. The first kappa shape index (κ1) is 17.6. The van der Waals surface area contributed by atoms with E-state index in [9.17, 15) is 17.6 Å². The lowest BCUT2D eigenvalue weighted by molar-refractivity contribution is -0.120. The van der Waals surface area contributed by atoms with Crippen molar-refractivity contribution in [1.82, 2.24) is 10.0 Å². The van der Waals surface area contributed by atoms with Gasteiger partial charge in [-0.05, 0) is 51.0 Å². The molecule has 0 fully saturated rings. The molecule has 0 saturated heterocycles. The molecule has 1 aromatic rings. The standard InChI is InChI=1S/C14H21FN2O3S/c1-10-9-11(15)5-6-12(10)21(19,20)17-14(2,3)8-7-13(18)16-4/h5-6,9,17H,7-8H2,1-4H3,(H,16,18). The first-order valence-electron chi connectivity index (χ1n) is 6.58. The Hall–Kier alpha value is -1.47. The highest BCUT2D eigenvalue weighted by atomic mass is 32.2. The Morgan fingerprint density at radius 3 is 2.48 bits per heavy atom. The molecule has 1 amide bonds. The lowest BCUT2D eigenvalue weighted by atomic mass is 10.00. The predicted molar refractivity (Wildman–Crippen MR) is 78.8 cm³/mol. The number of carbonyl (C=O) groups excluding carboxylic acids is 1. The maximum atomic E-state index is 13.1. The van der Waals surface area contributed by atoms with Crippen molar-refractivity contribution in [3.05, 3.63) is 29.6 Å². The van der Waals surface area contributed by atoms with E-state index in [-0.39, 0.29) is 17.2 Å². The zero-order chi connectivity index (χ0) is 16.3. The maximum Gasteiger partial charge on any atom is 0.241 e. The number of amides is 1. The van der Waals surface area contributed by atoms with Gasteiger partial charge in [-0.3, -0.25) is 4.79 Å². The number of carbonyl (C=O) groups is 1. The molecule has 7 heteroatoms. The Labute approximate surface area is 125 Å². The van der Waals surface area contributed by atoms with Crippen LogP contribution < -0.4 is 10.0 Å². The van der Waals surface area contributed by atoms with E-state index in [2.05, 4.69) is 10.0 Å². The van der Waals surface area contributed by atoms with Crippen LogP contribution in [0.25, 0.3) is 0 Å². The SMILES string of the molecule is CNC(=O)CCC(C)(C)NS(=O)(=O)c1ccc(F)cc1C. The van der Waals surface area contributed by atoms with E-state index < -0.39 is 21.4 Å². The summed E-state index contributed by atoms with van der Waals surface area (Å²) >= 11 is 0. The summed E-state index contributed by atoms with van der Waals surface area (Å²) in [5, 5.41) is 2.49. The van der Waals surface area contributed by atoms with E-state index in [1.807, 2.05) is 0 Å². The maximum absolute atomic E-state index is 13.1. The zero-order valence-corrected chi connectivity index (χ0v) is 13.5. The fourth-order valence-electron chi connectivity index (χ4n) is 1.94. The number of halogens is 1. The van der Waals surface area contributed by atoms with Gasteiger partial charge in [-0.25, -0.2) is 17.5 Å². The van der Waals surface area contributed by atoms with Gasteiger partial charge in [-0.1, -0.05) is 0 Å². The second-order valence-corrected chi connectivity index (χ2v) is 7.22. The predicted octanol–water partition coefficient (Wildman–Crippen LogP) is 1.72. The minimum atomic E-state index is -3.77. The molecule has 0 heterocycles. The highest BCUT2D eigenvalue weighted by Gasteiger charge is 2.27. The monoisotopic (exact) mass is 316 g/mol. The summed E-state index contributed by atoms with van der Waals surface area (Å²) in [7, 11) is -2.24. The number of hydrogen-bond donors (Lipinski definition) is 2. The molecule has 2 N–H and O–H groups in total. The van der Waals surface area contributed by atoms with Crippen molar-refractivity contribution in [3.63, 3.8) is 0 Å². The first-order valence-corrected chi connectivity index (χ1v) is 8.06. The lowest BCUT2D eigenvalue weighted by Crippen LogP contribution is -2.44. The van der Waals surface area contributed by atoms with E-state index >= 15 is 0 Å². The molecule has 1 rings (SSSR count). The molecule has 0 aliphatic carbocycles. The van der Waals surface area contributed by atoms with Gasteiger partial charge in [0, 0.05) is 19.0 Å². The van der Waals surface area contributed by atoms with Gasteiger partial charge in [0.15, 0.2) is 0 Å². The number of sulfonamides is 1. The fourth-order valence-corrected chi connectivity index (χ4v) is 3.60. The number of rotatable bonds is 6. The highest BCUT2D eigenvalue weighted by Crippen LogP contribution is 2.20.